The summed E-state index contributed by atoms with van der Waals surface area (Å²) in [6, 6.07) is 10.5. The highest BCUT2D eigenvalue weighted by atomic mass is 16.2. The molecule has 0 aliphatic carbocycles. The van der Waals surface area contributed by atoms with E-state index in [-0.39, 0.29) is 11.3 Å². The van der Waals surface area contributed by atoms with E-state index in [9.17, 15) is 4.79 Å². The van der Waals surface area contributed by atoms with Gasteiger partial charge in [0.25, 0.3) is 0 Å². The Morgan fingerprint density at radius 1 is 1.29 bits per heavy atom. The van der Waals surface area contributed by atoms with E-state index in [0.29, 0.717) is 5.92 Å². The molecule has 3 heteroatoms. The van der Waals surface area contributed by atoms with Crippen molar-refractivity contribution < 1.29 is 4.79 Å². The van der Waals surface area contributed by atoms with Crippen molar-refractivity contribution in [1.29, 1.82) is 0 Å². The number of carbonyl (C=O) groups is 1. The lowest BCUT2D eigenvalue weighted by Crippen LogP contribution is -2.47. The largest absolute Gasteiger partial charge is 0.356 e. The van der Waals surface area contributed by atoms with Gasteiger partial charge in [0.2, 0.25) is 5.91 Å². The monoisotopic (exact) mass is 288 g/mol. The van der Waals surface area contributed by atoms with E-state index in [1.54, 1.807) is 0 Å². The summed E-state index contributed by atoms with van der Waals surface area (Å²) in [5.41, 5.74) is 1.21. The van der Waals surface area contributed by atoms with Crippen LogP contribution in [-0.4, -0.2) is 25.5 Å². The fraction of sp³-hybridized carbons (Fsp3) is 0.611. The first-order valence-corrected chi connectivity index (χ1v) is 8.22. The Morgan fingerprint density at radius 2 is 1.95 bits per heavy atom. The molecule has 0 spiro atoms. The van der Waals surface area contributed by atoms with Crippen molar-refractivity contribution in [3.63, 3.8) is 0 Å². The van der Waals surface area contributed by atoms with E-state index in [2.05, 4.69) is 48.7 Å². The van der Waals surface area contributed by atoms with Gasteiger partial charge in [-0.05, 0) is 50.3 Å². The van der Waals surface area contributed by atoms with E-state index in [0.717, 1.165) is 45.3 Å². The van der Waals surface area contributed by atoms with Crippen LogP contribution in [0, 0.1) is 5.41 Å². The zero-order valence-corrected chi connectivity index (χ0v) is 13.3. The van der Waals surface area contributed by atoms with Crippen molar-refractivity contribution >= 4 is 5.91 Å². The highest BCUT2D eigenvalue weighted by Crippen LogP contribution is 2.32. The average Bonchev–Trinajstić information content (AvgIpc) is 2.56. The van der Waals surface area contributed by atoms with E-state index >= 15 is 0 Å². The van der Waals surface area contributed by atoms with Gasteiger partial charge in [-0.1, -0.05) is 44.2 Å². The quantitative estimate of drug-likeness (QED) is 0.844. The summed E-state index contributed by atoms with van der Waals surface area (Å²) in [5, 5.41) is 6.52. The molecule has 1 aliphatic heterocycles. The molecule has 1 atom stereocenters. The molecule has 116 valence electrons. The van der Waals surface area contributed by atoms with Gasteiger partial charge in [-0.3, -0.25) is 4.79 Å². The Morgan fingerprint density at radius 3 is 2.57 bits per heavy atom. The topological polar surface area (TPSA) is 41.1 Å². The van der Waals surface area contributed by atoms with E-state index in [1.165, 1.54) is 5.56 Å². The highest BCUT2D eigenvalue weighted by Gasteiger charge is 2.37. The molecule has 1 aliphatic rings. The van der Waals surface area contributed by atoms with Crippen LogP contribution in [0.3, 0.4) is 0 Å². The smallest absolute Gasteiger partial charge is 0.226 e. The predicted molar refractivity (Wildman–Crippen MR) is 87.3 cm³/mol. The molecule has 1 aromatic carbocycles. The van der Waals surface area contributed by atoms with E-state index < -0.39 is 0 Å². The summed E-state index contributed by atoms with van der Waals surface area (Å²) >= 11 is 0. The molecular weight excluding hydrogens is 260 g/mol. The molecule has 0 aromatic heterocycles. The number of carbonyl (C=O) groups excluding carboxylic acids is 1. The Hall–Kier alpha value is -1.35. The van der Waals surface area contributed by atoms with Crippen LogP contribution in [-0.2, 0) is 4.79 Å². The first kappa shape index (κ1) is 16.0. The van der Waals surface area contributed by atoms with Crippen LogP contribution in [0.25, 0.3) is 0 Å². The lowest BCUT2D eigenvalue weighted by atomic mass is 9.76. The van der Waals surface area contributed by atoms with Gasteiger partial charge in [-0.2, -0.15) is 0 Å². The Balaban J connectivity index is 1.81. The Bertz CT molecular complexity index is 438. The molecule has 1 fully saturated rings. The molecular formula is C18H28N2O. The minimum atomic E-state index is -0.138. The molecule has 1 unspecified atom stereocenters. The van der Waals surface area contributed by atoms with Crippen molar-refractivity contribution in [2.24, 2.45) is 5.41 Å². The maximum atomic E-state index is 12.5. The van der Waals surface area contributed by atoms with Crippen molar-refractivity contribution in [3.05, 3.63) is 35.9 Å². The van der Waals surface area contributed by atoms with Crippen LogP contribution < -0.4 is 10.6 Å². The number of piperidine rings is 1. The molecule has 2 rings (SSSR count). The molecule has 2 N–H and O–H groups in total. The van der Waals surface area contributed by atoms with Crippen LogP contribution in [0.15, 0.2) is 30.3 Å². The second-order valence-corrected chi connectivity index (χ2v) is 6.24. The molecule has 1 heterocycles. The first-order chi connectivity index (χ1) is 10.2. The SMILES string of the molecule is CCC1(C(=O)NCCC(C)c2ccccc2)CCNCC1. The molecule has 0 saturated carbocycles. The molecule has 21 heavy (non-hydrogen) atoms. The second kappa shape index (κ2) is 7.60. The molecule has 3 nitrogen and oxygen atoms in total. The van der Waals surface area contributed by atoms with Crippen LogP contribution in [0.5, 0.6) is 0 Å². The zero-order valence-electron chi connectivity index (χ0n) is 13.3. The standard InChI is InChI=1S/C18H28N2O/c1-3-18(10-13-19-14-11-18)17(21)20-12-9-15(2)16-7-5-4-6-8-16/h4-8,15,19H,3,9-14H2,1-2H3,(H,20,21). The molecule has 1 saturated heterocycles. The molecule has 0 bridgehead atoms. The maximum Gasteiger partial charge on any atom is 0.226 e. The van der Waals surface area contributed by atoms with Crippen LogP contribution in [0.2, 0.25) is 0 Å². The minimum absolute atomic E-state index is 0.138. The third kappa shape index (κ3) is 4.07. The van der Waals surface area contributed by atoms with Gasteiger partial charge in [0, 0.05) is 6.54 Å². The lowest BCUT2D eigenvalue weighted by molar-refractivity contribution is -0.132. The predicted octanol–water partition coefficient (Wildman–Crippen LogP) is 3.08. The number of hydrogen-bond acceptors (Lipinski definition) is 2. The van der Waals surface area contributed by atoms with Gasteiger partial charge in [0.15, 0.2) is 0 Å². The van der Waals surface area contributed by atoms with Gasteiger partial charge < -0.3 is 10.6 Å². The van der Waals surface area contributed by atoms with Crippen LogP contribution >= 0.6 is 0 Å². The number of nitrogens with one attached hydrogen (secondary N) is 2. The molecule has 1 amide bonds. The summed E-state index contributed by atoms with van der Waals surface area (Å²) in [6.07, 6.45) is 3.86. The zero-order chi connectivity index (χ0) is 15.1. The minimum Gasteiger partial charge on any atom is -0.356 e. The average molecular weight is 288 g/mol. The second-order valence-electron chi connectivity index (χ2n) is 6.24. The third-order valence-electron chi connectivity index (χ3n) is 4.95. The maximum absolute atomic E-state index is 12.5. The molecule has 0 radical (unpaired) electrons. The highest BCUT2D eigenvalue weighted by molar-refractivity contribution is 5.82. The summed E-state index contributed by atoms with van der Waals surface area (Å²) in [7, 11) is 0. The van der Waals surface area contributed by atoms with Gasteiger partial charge >= 0.3 is 0 Å². The van der Waals surface area contributed by atoms with Gasteiger partial charge in [0.1, 0.15) is 0 Å². The molecule has 1 aromatic rings. The number of hydrogen-bond donors (Lipinski definition) is 2. The van der Waals surface area contributed by atoms with E-state index in [4.69, 9.17) is 0 Å². The van der Waals surface area contributed by atoms with Gasteiger partial charge in [0.05, 0.1) is 5.41 Å². The Labute approximate surface area is 128 Å². The Kier molecular flexibility index (Phi) is 5.80. The first-order valence-electron chi connectivity index (χ1n) is 8.22. The van der Waals surface area contributed by atoms with Gasteiger partial charge in [-0.15, -0.1) is 0 Å². The van der Waals surface area contributed by atoms with Crippen molar-refractivity contribution in [2.45, 2.75) is 45.4 Å². The summed E-state index contributed by atoms with van der Waals surface area (Å²) in [6.45, 7) is 7.05. The normalized spacial score (nSPS) is 19.0. The summed E-state index contributed by atoms with van der Waals surface area (Å²) in [5.74, 6) is 0.740. The van der Waals surface area contributed by atoms with Crippen molar-refractivity contribution in [3.8, 4) is 0 Å². The number of benzene rings is 1. The van der Waals surface area contributed by atoms with Crippen LogP contribution in [0.4, 0.5) is 0 Å². The summed E-state index contributed by atoms with van der Waals surface area (Å²) < 4.78 is 0. The fourth-order valence-electron chi connectivity index (χ4n) is 3.18. The van der Waals surface area contributed by atoms with E-state index in [1.807, 2.05) is 6.07 Å². The van der Waals surface area contributed by atoms with Gasteiger partial charge in [-0.25, -0.2) is 0 Å². The fourth-order valence-corrected chi connectivity index (χ4v) is 3.18. The lowest BCUT2D eigenvalue weighted by Gasteiger charge is -2.35. The number of rotatable bonds is 6. The van der Waals surface area contributed by atoms with Crippen LogP contribution in [0.1, 0.15) is 51.0 Å². The van der Waals surface area contributed by atoms with Crippen molar-refractivity contribution in [2.75, 3.05) is 19.6 Å². The number of amides is 1. The third-order valence-corrected chi connectivity index (χ3v) is 4.95. The van der Waals surface area contributed by atoms with Crippen molar-refractivity contribution in [1.82, 2.24) is 10.6 Å². The summed E-state index contributed by atoms with van der Waals surface area (Å²) in [4.78, 5) is 12.5.